The molecule has 106 valence electrons. The number of rotatable bonds is 2. The van der Waals surface area contributed by atoms with E-state index in [1.807, 2.05) is 0 Å². The van der Waals surface area contributed by atoms with E-state index in [0.717, 1.165) is 6.67 Å². The highest BCUT2D eigenvalue weighted by Gasteiger charge is 2.14. The van der Waals surface area contributed by atoms with Crippen LogP contribution in [0, 0.1) is 0 Å². The molecule has 1 saturated heterocycles. The van der Waals surface area contributed by atoms with E-state index in [-0.39, 0.29) is 24.8 Å². The SMILES string of the molecule is CN1CCN(Cn2ccc3ccccc32)CC1.Cl.Cl. The molecule has 1 aliphatic heterocycles. The molecule has 2 heterocycles. The summed E-state index contributed by atoms with van der Waals surface area (Å²) in [6.07, 6.45) is 2.20. The second-order valence-electron chi connectivity index (χ2n) is 4.91. The average molecular weight is 302 g/mol. The van der Waals surface area contributed by atoms with E-state index in [0.29, 0.717) is 0 Å². The summed E-state index contributed by atoms with van der Waals surface area (Å²) in [5.74, 6) is 0. The number of hydrogen-bond acceptors (Lipinski definition) is 2. The highest BCUT2D eigenvalue weighted by Crippen LogP contribution is 2.15. The lowest BCUT2D eigenvalue weighted by atomic mass is 10.2. The van der Waals surface area contributed by atoms with Gasteiger partial charge in [0, 0.05) is 37.9 Å². The summed E-state index contributed by atoms with van der Waals surface area (Å²) in [4.78, 5) is 4.91. The van der Waals surface area contributed by atoms with Crippen LogP contribution in [0.5, 0.6) is 0 Å². The van der Waals surface area contributed by atoms with Crippen molar-refractivity contribution in [1.29, 1.82) is 0 Å². The molecule has 1 aromatic heterocycles. The highest BCUT2D eigenvalue weighted by atomic mass is 35.5. The van der Waals surface area contributed by atoms with Crippen molar-refractivity contribution in [1.82, 2.24) is 14.4 Å². The summed E-state index contributed by atoms with van der Waals surface area (Å²) >= 11 is 0. The minimum absolute atomic E-state index is 0. The third kappa shape index (κ3) is 3.63. The van der Waals surface area contributed by atoms with Gasteiger partial charge in [-0.15, -0.1) is 24.8 Å². The standard InChI is InChI=1S/C14H19N3.2ClH/c1-15-8-10-16(11-9-15)12-17-7-6-13-4-2-3-5-14(13)17;;/h2-7H,8-12H2,1H3;2*1H. The number of nitrogens with zero attached hydrogens (tertiary/aromatic N) is 3. The van der Waals surface area contributed by atoms with Gasteiger partial charge in [0.1, 0.15) is 0 Å². The Balaban J connectivity index is 0.000000902. The van der Waals surface area contributed by atoms with Gasteiger partial charge in [-0.05, 0) is 24.6 Å². The highest BCUT2D eigenvalue weighted by molar-refractivity contribution is 5.85. The predicted molar refractivity (Wildman–Crippen MR) is 85.5 cm³/mol. The minimum atomic E-state index is 0. The molecule has 0 atom stereocenters. The van der Waals surface area contributed by atoms with Gasteiger partial charge in [0.15, 0.2) is 0 Å². The summed E-state index contributed by atoms with van der Waals surface area (Å²) < 4.78 is 2.35. The molecule has 19 heavy (non-hydrogen) atoms. The molecule has 2 aromatic rings. The molecule has 0 saturated carbocycles. The van der Waals surface area contributed by atoms with E-state index in [4.69, 9.17) is 0 Å². The molecular weight excluding hydrogens is 281 g/mol. The van der Waals surface area contributed by atoms with Gasteiger partial charge >= 0.3 is 0 Å². The van der Waals surface area contributed by atoms with Crippen molar-refractivity contribution in [3.05, 3.63) is 36.5 Å². The fraction of sp³-hybridized carbons (Fsp3) is 0.429. The van der Waals surface area contributed by atoms with E-state index in [2.05, 4.69) is 57.9 Å². The van der Waals surface area contributed by atoms with Crippen LogP contribution in [0.2, 0.25) is 0 Å². The first-order valence-electron chi connectivity index (χ1n) is 6.28. The molecule has 0 bridgehead atoms. The van der Waals surface area contributed by atoms with Crippen LogP contribution in [-0.2, 0) is 6.67 Å². The van der Waals surface area contributed by atoms with Gasteiger partial charge < -0.3 is 9.47 Å². The first-order chi connectivity index (χ1) is 8.33. The summed E-state index contributed by atoms with van der Waals surface area (Å²) in [6.45, 7) is 5.71. The lowest BCUT2D eigenvalue weighted by molar-refractivity contribution is 0.126. The van der Waals surface area contributed by atoms with Crippen molar-refractivity contribution in [2.24, 2.45) is 0 Å². The second kappa shape index (κ2) is 7.15. The van der Waals surface area contributed by atoms with E-state index in [1.54, 1.807) is 0 Å². The fourth-order valence-electron chi connectivity index (χ4n) is 2.47. The molecule has 0 N–H and O–H groups in total. The van der Waals surface area contributed by atoms with Gasteiger partial charge in [-0.25, -0.2) is 0 Å². The summed E-state index contributed by atoms with van der Waals surface area (Å²) in [7, 11) is 2.20. The van der Waals surface area contributed by atoms with Crippen LogP contribution < -0.4 is 0 Å². The number of aromatic nitrogens is 1. The van der Waals surface area contributed by atoms with Gasteiger partial charge in [0.2, 0.25) is 0 Å². The number of halogens is 2. The summed E-state index contributed by atoms with van der Waals surface area (Å²) in [5, 5.41) is 1.33. The van der Waals surface area contributed by atoms with E-state index < -0.39 is 0 Å². The Morgan fingerprint density at radius 2 is 1.63 bits per heavy atom. The smallest absolute Gasteiger partial charge is 0.0751 e. The number of benzene rings is 1. The molecule has 1 aromatic carbocycles. The van der Waals surface area contributed by atoms with Crippen LogP contribution in [0.25, 0.3) is 10.9 Å². The summed E-state index contributed by atoms with van der Waals surface area (Å²) in [6, 6.07) is 10.8. The van der Waals surface area contributed by atoms with Gasteiger partial charge in [-0.2, -0.15) is 0 Å². The Morgan fingerprint density at radius 1 is 0.947 bits per heavy atom. The fourth-order valence-corrected chi connectivity index (χ4v) is 2.47. The lowest BCUT2D eigenvalue weighted by Gasteiger charge is -2.32. The number of fused-ring (bicyclic) bond motifs is 1. The number of hydrogen-bond donors (Lipinski definition) is 0. The van der Waals surface area contributed by atoms with Crippen molar-refractivity contribution in [2.75, 3.05) is 33.2 Å². The predicted octanol–water partition coefficient (Wildman–Crippen LogP) is 2.69. The minimum Gasteiger partial charge on any atom is -0.334 e. The van der Waals surface area contributed by atoms with Crippen molar-refractivity contribution in [3.8, 4) is 0 Å². The maximum atomic E-state index is 2.52. The molecule has 0 radical (unpaired) electrons. The first kappa shape index (κ1) is 16.3. The number of para-hydroxylation sites is 1. The van der Waals surface area contributed by atoms with Crippen molar-refractivity contribution >= 4 is 35.7 Å². The Kier molecular flexibility index (Phi) is 6.14. The van der Waals surface area contributed by atoms with Gasteiger partial charge in [0.25, 0.3) is 0 Å². The molecular formula is C14H21Cl2N3. The monoisotopic (exact) mass is 301 g/mol. The van der Waals surface area contributed by atoms with Crippen molar-refractivity contribution in [3.63, 3.8) is 0 Å². The molecule has 1 aliphatic rings. The second-order valence-corrected chi connectivity index (χ2v) is 4.91. The van der Waals surface area contributed by atoms with Crippen LogP contribution in [0.4, 0.5) is 0 Å². The Bertz CT molecular complexity index is 504. The number of piperazine rings is 1. The van der Waals surface area contributed by atoms with E-state index in [9.17, 15) is 0 Å². The van der Waals surface area contributed by atoms with Gasteiger partial charge in [-0.3, -0.25) is 4.90 Å². The molecule has 0 aliphatic carbocycles. The quantitative estimate of drug-likeness (QED) is 0.845. The molecule has 5 heteroatoms. The average Bonchev–Trinajstić information content (AvgIpc) is 2.76. The van der Waals surface area contributed by atoms with E-state index in [1.165, 1.54) is 37.1 Å². The zero-order valence-corrected chi connectivity index (χ0v) is 12.8. The third-order valence-electron chi connectivity index (χ3n) is 3.63. The van der Waals surface area contributed by atoms with Crippen LogP contribution in [0.15, 0.2) is 36.5 Å². The zero-order valence-electron chi connectivity index (χ0n) is 11.2. The maximum Gasteiger partial charge on any atom is 0.0751 e. The molecule has 0 spiro atoms. The van der Waals surface area contributed by atoms with Crippen molar-refractivity contribution < 1.29 is 0 Å². The summed E-state index contributed by atoms with van der Waals surface area (Å²) in [5.41, 5.74) is 1.34. The molecule has 1 fully saturated rings. The Labute approximate surface area is 127 Å². The largest absolute Gasteiger partial charge is 0.334 e. The van der Waals surface area contributed by atoms with E-state index >= 15 is 0 Å². The maximum absolute atomic E-state index is 2.52. The Hall–Kier alpha value is -0.740. The topological polar surface area (TPSA) is 11.4 Å². The van der Waals surface area contributed by atoms with Crippen molar-refractivity contribution in [2.45, 2.75) is 6.67 Å². The molecule has 3 nitrogen and oxygen atoms in total. The number of likely N-dealkylation sites (N-methyl/N-ethyl adjacent to an activating group) is 1. The van der Waals surface area contributed by atoms with Gasteiger partial charge in [-0.1, -0.05) is 18.2 Å². The lowest BCUT2D eigenvalue weighted by Crippen LogP contribution is -2.44. The van der Waals surface area contributed by atoms with Crippen LogP contribution in [0.3, 0.4) is 0 Å². The Morgan fingerprint density at radius 3 is 2.37 bits per heavy atom. The first-order valence-corrected chi connectivity index (χ1v) is 6.28. The van der Waals surface area contributed by atoms with Gasteiger partial charge in [0.05, 0.1) is 6.67 Å². The van der Waals surface area contributed by atoms with Crippen LogP contribution in [0.1, 0.15) is 0 Å². The molecule has 0 amide bonds. The molecule has 3 rings (SSSR count). The zero-order chi connectivity index (χ0) is 11.7. The third-order valence-corrected chi connectivity index (χ3v) is 3.63. The van der Waals surface area contributed by atoms with Crippen LogP contribution in [-0.4, -0.2) is 47.6 Å². The molecule has 0 unspecified atom stereocenters. The van der Waals surface area contributed by atoms with Crippen LogP contribution >= 0.6 is 24.8 Å². The normalized spacial score (nSPS) is 16.9.